The molecule has 0 bridgehead atoms. The van der Waals surface area contributed by atoms with Crippen LogP contribution in [0.2, 0.25) is 0 Å². The van der Waals surface area contributed by atoms with Gasteiger partial charge in [0, 0.05) is 10.9 Å². The molecule has 1 aromatic carbocycles. The zero-order chi connectivity index (χ0) is 14.4. The molecule has 0 fully saturated rings. The van der Waals surface area contributed by atoms with E-state index in [9.17, 15) is 9.18 Å². The monoisotopic (exact) mass is 283 g/mol. The molecule has 0 aliphatic heterocycles. The third-order valence-electron chi connectivity index (χ3n) is 2.99. The summed E-state index contributed by atoms with van der Waals surface area (Å²) in [5.74, 6) is -0.212. The molecule has 0 radical (unpaired) electrons. The Bertz CT molecular complexity index is 434. The second-order valence-corrected chi connectivity index (χ2v) is 5.88. The molecule has 1 rings (SSSR count). The van der Waals surface area contributed by atoms with E-state index in [1.807, 2.05) is 6.92 Å². The molecule has 0 aromatic heterocycles. The predicted octanol–water partition coefficient (Wildman–Crippen LogP) is 4.06. The summed E-state index contributed by atoms with van der Waals surface area (Å²) in [5, 5.41) is 2.83. The Morgan fingerprint density at radius 1 is 1.32 bits per heavy atom. The first-order valence-corrected chi connectivity index (χ1v) is 7.14. The van der Waals surface area contributed by atoms with Gasteiger partial charge in [0.2, 0.25) is 0 Å². The van der Waals surface area contributed by atoms with Crippen LogP contribution in [0.1, 0.15) is 50.4 Å². The van der Waals surface area contributed by atoms with Gasteiger partial charge in [-0.1, -0.05) is 26.7 Å². The predicted molar refractivity (Wildman–Crippen MR) is 79.3 cm³/mol. The normalized spacial score (nSPS) is 12.5. The fourth-order valence-corrected chi connectivity index (χ4v) is 2.10. The Kier molecular flexibility index (Phi) is 6.35. The topological polar surface area (TPSA) is 29.1 Å². The first-order chi connectivity index (χ1) is 8.90. The first kappa shape index (κ1) is 16.0. The van der Waals surface area contributed by atoms with Crippen molar-refractivity contribution in [3.8, 4) is 0 Å². The van der Waals surface area contributed by atoms with Crippen LogP contribution in [0.25, 0.3) is 0 Å². The van der Waals surface area contributed by atoms with E-state index in [0.29, 0.717) is 10.8 Å². The summed E-state index contributed by atoms with van der Waals surface area (Å²) in [5.41, 5.74) is 0.0585. The maximum atomic E-state index is 13.5. The van der Waals surface area contributed by atoms with Crippen LogP contribution < -0.4 is 5.32 Å². The summed E-state index contributed by atoms with van der Waals surface area (Å²) in [6, 6.07) is 4.30. The van der Waals surface area contributed by atoms with E-state index in [1.165, 1.54) is 18.2 Å². The zero-order valence-corrected chi connectivity index (χ0v) is 12.6. The molecule has 2 nitrogen and oxygen atoms in total. The van der Waals surface area contributed by atoms with Gasteiger partial charge in [-0.05, 0) is 37.5 Å². The lowest BCUT2D eigenvalue weighted by molar-refractivity contribution is 0.0933. The third-order valence-corrected chi connectivity index (χ3v) is 3.27. The van der Waals surface area contributed by atoms with Crippen molar-refractivity contribution in [3.63, 3.8) is 0 Å². The lowest BCUT2D eigenvalue weighted by Crippen LogP contribution is -2.33. The number of rotatable bonds is 6. The van der Waals surface area contributed by atoms with E-state index in [1.54, 1.807) is 0 Å². The minimum atomic E-state index is -0.510. The Hall–Kier alpha value is -1.03. The highest BCUT2D eigenvalue weighted by atomic mass is 32.1. The molecule has 0 saturated carbocycles. The average molecular weight is 283 g/mol. The third kappa shape index (κ3) is 5.64. The minimum Gasteiger partial charge on any atom is -0.349 e. The fraction of sp³-hybridized carbons (Fsp3) is 0.533. The van der Waals surface area contributed by atoms with E-state index < -0.39 is 5.82 Å². The summed E-state index contributed by atoms with van der Waals surface area (Å²) in [7, 11) is 0. The Morgan fingerprint density at radius 2 is 2.00 bits per heavy atom. The SMILES string of the molecule is CC(C)CCCC(C)NC(=O)c1cc(S)ccc1F. The van der Waals surface area contributed by atoms with Crippen molar-refractivity contribution in [2.45, 2.75) is 51.0 Å². The lowest BCUT2D eigenvalue weighted by atomic mass is 10.0. The van der Waals surface area contributed by atoms with Gasteiger partial charge in [0.1, 0.15) is 5.82 Å². The maximum Gasteiger partial charge on any atom is 0.254 e. The maximum absolute atomic E-state index is 13.5. The van der Waals surface area contributed by atoms with Gasteiger partial charge in [-0.2, -0.15) is 0 Å². The number of carbonyl (C=O) groups is 1. The van der Waals surface area contributed by atoms with Crippen molar-refractivity contribution in [2.75, 3.05) is 0 Å². The van der Waals surface area contributed by atoms with Gasteiger partial charge >= 0.3 is 0 Å². The van der Waals surface area contributed by atoms with Gasteiger partial charge in [0.25, 0.3) is 5.91 Å². The van der Waals surface area contributed by atoms with Crippen LogP contribution in [0.4, 0.5) is 4.39 Å². The number of carbonyl (C=O) groups excluding carboxylic acids is 1. The summed E-state index contributed by atoms with van der Waals surface area (Å²) in [6.07, 6.45) is 3.11. The van der Waals surface area contributed by atoms with Crippen molar-refractivity contribution >= 4 is 18.5 Å². The second-order valence-electron chi connectivity index (χ2n) is 5.36. The van der Waals surface area contributed by atoms with Crippen molar-refractivity contribution in [2.24, 2.45) is 5.92 Å². The van der Waals surface area contributed by atoms with Crippen LogP contribution >= 0.6 is 12.6 Å². The van der Waals surface area contributed by atoms with Crippen LogP contribution in [0.15, 0.2) is 23.1 Å². The van der Waals surface area contributed by atoms with E-state index >= 15 is 0 Å². The molecule has 0 saturated heterocycles. The number of benzene rings is 1. The molecule has 19 heavy (non-hydrogen) atoms. The van der Waals surface area contributed by atoms with E-state index in [4.69, 9.17) is 0 Å². The van der Waals surface area contributed by atoms with Crippen molar-refractivity contribution in [3.05, 3.63) is 29.6 Å². The molecule has 0 heterocycles. The van der Waals surface area contributed by atoms with Gasteiger partial charge in [0.05, 0.1) is 5.56 Å². The van der Waals surface area contributed by atoms with Crippen LogP contribution in [-0.2, 0) is 0 Å². The average Bonchev–Trinajstić information content (AvgIpc) is 2.31. The first-order valence-electron chi connectivity index (χ1n) is 6.69. The highest BCUT2D eigenvalue weighted by molar-refractivity contribution is 7.80. The summed E-state index contributed by atoms with van der Waals surface area (Å²) < 4.78 is 13.5. The summed E-state index contributed by atoms with van der Waals surface area (Å²) in [6.45, 7) is 6.30. The van der Waals surface area contributed by atoms with Crippen LogP contribution in [0.3, 0.4) is 0 Å². The van der Waals surface area contributed by atoms with Crippen LogP contribution in [-0.4, -0.2) is 11.9 Å². The molecule has 1 N–H and O–H groups in total. The molecule has 1 aromatic rings. The number of nitrogens with one attached hydrogen (secondary N) is 1. The molecule has 0 aliphatic rings. The molecule has 1 unspecified atom stereocenters. The van der Waals surface area contributed by atoms with E-state index in [0.717, 1.165) is 19.3 Å². The van der Waals surface area contributed by atoms with Crippen molar-refractivity contribution in [1.82, 2.24) is 5.32 Å². The second kappa shape index (κ2) is 7.53. The number of hydrogen-bond donors (Lipinski definition) is 2. The standard InChI is InChI=1S/C15H22FNOS/c1-10(2)5-4-6-11(3)17-15(18)13-9-12(19)7-8-14(13)16/h7-11,19H,4-6H2,1-3H3,(H,17,18). The van der Waals surface area contributed by atoms with Crippen LogP contribution in [0.5, 0.6) is 0 Å². The molecule has 106 valence electrons. The van der Waals surface area contributed by atoms with Gasteiger partial charge in [-0.3, -0.25) is 4.79 Å². The molecule has 4 heteroatoms. The quantitative estimate of drug-likeness (QED) is 0.757. The molecule has 1 amide bonds. The van der Waals surface area contributed by atoms with Crippen LogP contribution in [0, 0.1) is 11.7 Å². The fourth-order valence-electron chi connectivity index (χ4n) is 1.89. The van der Waals surface area contributed by atoms with Gasteiger partial charge in [0.15, 0.2) is 0 Å². The minimum absolute atomic E-state index is 0.0502. The van der Waals surface area contributed by atoms with E-state index in [2.05, 4.69) is 31.8 Å². The largest absolute Gasteiger partial charge is 0.349 e. The molecule has 0 aliphatic carbocycles. The smallest absolute Gasteiger partial charge is 0.254 e. The molecule has 1 atom stereocenters. The van der Waals surface area contributed by atoms with Gasteiger partial charge in [-0.25, -0.2) is 4.39 Å². The molecular formula is C15H22FNOS. The van der Waals surface area contributed by atoms with Gasteiger partial charge in [-0.15, -0.1) is 12.6 Å². The number of hydrogen-bond acceptors (Lipinski definition) is 2. The highest BCUT2D eigenvalue weighted by Gasteiger charge is 2.14. The summed E-state index contributed by atoms with van der Waals surface area (Å²) >= 11 is 4.12. The molecule has 0 spiro atoms. The zero-order valence-electron chi connectivity index (χ0n) is 11.7. The Balaban J connectivity index is 2.52. The van der Waals surface area contributed by atoms with Crippen molar-refractivity contribution < 1.29 is 9.18 Å². The number of thiol groups is 1. The summed E-state index contributed by atoms with van der Waals surface area (Å²) in [4.78, 5) is 12.5. The Labute approximate surface area is 120 Å². The van der Waals surface area contributed by atoms with E-state index in [-0.39, 0.29) is 17.5 Å². The number of halogens is 1. The highest BCUT2D eigenvalue weighted by Crippen LogP contribution is 2.14. The lowest BCUT2D eigenvalue weighted by Gasteiger charge is -2.15. The number of amides is 1. The van der Waals surface area contributed by atoms with Crippen molar-refractivity contribution in [1.29, 1.82) is 0 Å². The molecular weight excluding hydrogens is 261 g/mol. The van der Waals surface area contributed by atoms with Gasteiger partial charge < -0.3 is 5.32 Å². The Morgan fingerprint density at radius 3 is 2.63 bits per heavy atom.